The van der Waals surface area contributed by atoms with E-state index in [0.717, 1.165) is 18.9 Å². The molecule has 12 heteroatoms. The lowest BCUT2D eigenvalue weighted by molar-refractivity contribution is -0.137. The van der Waals surface area contributed by atoms with Crippen molar-refractivity contribution in [3.05, 3.63) is 82.8 Å². The topological polar surface area (TPSA) is 79.5 Å². The molecular weight excluding hydrogens is 564 g/mol. The van der Waals surface area contributed by atoms with Crippen molar-refractivity contribution in [2.75, 3.05) is 18.0 Å². The van der Waals surface area contributed by atoms with E-state index in [4.69, 9.17) is 4.52 Å². The second-order valence-electron chi connectivity index (χ2n) is 10.5. The zero-order valence-corrected chi connectivity index (χ0v) is 21.8. The molecule has 4 aromatic rings. The summed E-state index contributed by atoms with van der Waals surface area (Å²) in [6, 6.07) is 10.1. The third-order valence-electron chi connectivity index (χ3n) is 7.63. The monoisotopic (exact) mass is 587 g/mol. The van der Waals surface area contributed by atoms with Crippen LogP contribution in [0.4, 0.5) is 32.0 Å². The van der Waals surface area contributed by atoms with Crippen LogP contribution in [0.3, 0.4) is 0 Å². The Balaban J connectivity index is 1.28. The molecular formula is C30H23F6N3O3. The molecule has 218 valence electrons. The van der Waals surface area contributed by atoms with Crippen LogP contribution in [-0.4, -0.2) is 34.3 Å². The second-order valence-corrected chi connectivity index (χ2v) is 10.5. The van der Waals surface area contributed by atoms with Gasteiger partial charge in [-0.05, 0) is 55.5 Å². The average molecular weight is 588 g/mol. The van der Waals surface area contributed by atoms with Crippen molar-refractivity contribution >= 4 is 28.6 Å². The van der Waals surface area contributed by atoms with E-state index in [2.05, 4.69) is 10.1 Å². The highest BCUT2D eigenvalue weighted by molar-refractivity contribution is 5.93. The minimum Gasteiger partial charge on any atom is -0.477 e. The van der Waals surface area contributed by atoms with E-state index in [1.54, 1.807) is 12.1 Å². The van der Waals surface area contributed by atoms with Crippen LogP contribution in [0.2, 0.25) is 0 Å². The molecule has 0 bridgehead atoms. The number of halogens is 6. The summed E-state index contributed by atoms with van der Waals surface area (Å²) in [6.07, 6.45) is -3.33. The van der Waals surface area contributed by atoms with Crippen LogP contribution >= 0.6 is 0 Å². The Hall–Kier alpha value is -4.35. The molecule has 1 saturated heterocycles. The molecule has 2 aromatic carbocycles. The van der Waals surface area contributed by atoms with Crippen LogP contribution in [0.1, 0.15) is 58.1 Å². The van der Waals surface area contributed by atoms with Crippen molar-refractivity contribution in [1.82, 2.24) is 10.1 Å². The predicted molar refractivity (Wildman–Crippen MR) is 142 cm³/mol. The fourth-order valence-electron chi connectivity index (χ4n) is 5.41. The number of pyridine rings is 1. The van der Waals surface area contributed by atoms with Crippen LogP contribution in [0.15, 0.2) is 59.1 Å². The first-order valence-corrected chi connectivity index (χ1v) is 13.2. The van der Waals surface area contributed by atoms with E-state index in [9.17, 15) is 36.2 Å². The summed E-state index contributed by atoms with van der Waals surface area (Å²) in [6.45, 7) is 0.994. The van der Waals surface area contributed by atoms with Crippen molar-refractivity contribution < 1.29 is 40.8 Å². The van der Waals surface area contributed by atoms with E-state index in [-0.39, 0.29) is 34.0 Å². The van der Waals surface area contributed by atoms with Gasteiger partial charge in [0.2, 0.25) is 0 Å². The molecule has 3 heterocycles. The number of benzene rings is 2. The van der Waals surface area contributed by atoms with E-state index < -0.39 is 35.1 Å². The average Bonchev–Trinajstić information content (AvgIpc) is 3.52. The van der Waals surface area contributed by atoms with Gasteiger partial charge in [0.05, 0.1) is 16.6 Å². The van der Waals surface area contributed by atoms with Gasteiger partial charge in [-0.2, -0.15) is 26.3 Å². The number of carboxylic acid groups (broad SMARTS) is 1. The van der Waals surface area contributed by atoms with E-state index >= 15 is 0 Å². The zero-order valence-electron chi connectivity index (χ0n) is 21.8. The number of alkyl halides is 6. The van der Waals surface area contributed by atoms with Crippen molar-refractivity contribution in [2.24, 2.45) is 5.92 Å². The quantitative estimate of drug-likeness (QED) is 0.230. The molecule has 42 heavy (non-hydrogen) atoms. The highest BCUT2D eigenvalue weighted by atomic mass is 19.4. The molecule has 0 amide bonds. The first-order chi connectivity index (χ1) is 19.9. The lowest BCUT2D eigenvalue weighted by Crippen LogP contribution is -2.19. The minimum absolute atomic E-state index is 0.0389. The summed E-state index contributed by atoms with van der Waals surface area (Å²) in [5.41, 5.74) is -1.55. The van der Waals surface area contributed by atoms with E-state index in [1.165, 1.54) is 30.3 Å². The predicted octanol–water partition coefficient (Wildman–Crippen LogP) is 8.04. The molecule has 1 aliphatic carbocycles. The number of aromatic nitrogens is 2. The van der Waals surface area contributed by atoms with Gasteiger partial charge < -0.3 is 14.5 Å². The summed E-state index contributed by atoms with van der Waals surface area (Å²) < 4.78 is 88.1. The fraction of sp³-hybridized carbons (Fsp3) is 0.300. The van der Waals surface area contributed by atoms with Gasteiger partial charge in [0.15, 0.2) is 0 Å². The third-order valence-corrected chi connectivity index (χ3v) is 7.63. The van der Waals surface area contributed by atoms with Crippen LogP contribution in [0.5, 0.6) is 0 Å². The number of carbonyl (C=O) groups is 1. The molecule has 1 unspecified atom stereocenters. The number of anilines is 1. The summed E-state index contributed by atoms with van der Waals surface area (Å²) in [7, 11) is 0. The fourth-order valence-corrected chi connectivity index (χ4v) is 5.41. The molecule has 2 aliphatic rings. The van der Waals surface area contributed by atoms with Gasteiger partial charge in [0.25, 0.3) is 0 Å². The molecule has 0 radical (unpaired) electrons. The molecule has 1 N–H and O–H groups in total. The molecule has 1 saturated carbocycles. The summed E-state index contributed by atoms with van der Waals surface area (Å²) in [5.74, 6) is -0.943. The van der Waals surface area contributed by atoms with Gasteiger partial charge in [-0.15, -0.1) is 0 Å². The van der Waals surface area contributed by atoms with Crippen molar-refractivity contribution in [1.29, 1.82) is 0 Å². The largest absolute Gasteiger partial charge is 0.477 e. The van der Waals surface area contributed by atoms with Gasteiger partial charge in [-0.25, -0.2) is 9.78 Å². The first-order valence-electron chi connectivity index (χ1n) is 13.2. The molecule has 6 rings (SSSR count). The Morgan fingerprint density at radius 1 is 0.976 bits per heavy atom. The molecule has 1 aliphatic heterocycles. The minimum atomic E-state index is -4.78. The van der Waals surface area contributed by atoms with Crippen LogP contribution < -0.4 is 4.90 Å². The number of aromatic carboxylic acids is 1. The van der Waals surface area contributed by atoms with Crippen molar-refractivity contribution in [2.45, 2.75) is 37.5 Å². The van der Waals surface area contributed by atoms with Gasteiger partial charge in [-0.3, -0.25) is 0 Å². The smallest absolute Gasteiger partial charge is 0.417 e. The molecule has 2 aromatic heterocycles. The maximum atomic E-state index is 13.8. The molecule has 6 nitrogen and oxygen atoms in total. The number of carboxylic acids is 1. The first kappa shape index (κ1) is 27.8. The van der Waals surface area contributed by atoms with Gasteiger partial charge >= 0.3 is 18.3 Å². The Morgan fingerprint density at radius 3 is 2.40 bits per heavy atom. The third kappa shape index (κ3) is 5.33. The zero-order chi connectivity index (χ0) is 29.8. The van der Waals surface area contributed by atoms with Gasteiger partial charge in [-0.1, -0.05) is 35.5 Å². The van der Waals surface area contributed by atoms with Crippen molar-refractivity contribution in [3.63, 3.8) is 0 Å². The number of nitrogens with zero attached hydrogens (tertiary/aromatic N) is 3. The Kier molecular flexibility index (Phi) is 6.74. The second kappa shape index (κ2) is 10.2. The van der Waals surface area contributed by atoms with Crippen molar-refractivity contribution in [3.8, 4) is 11.3 Å². The van der Waals surface area contributed by atoms with Gasteiger partial charge in [0.1, 0.15) is 17.1 Å². The SMILES string of the molecule is O=C(O)c1cc(C(F)(F)F)c2cc(N3CCC(C=Cc4c(-c5ccccc5C(F)(F)F)noc4C4CC4)C3)ccc2n1. The lowest BCUT2D eigenvalue weighted by Gasteiger charge is -2.20. The summed E-state index contributed by atoms with van der Waals surface area (Å²) in [5, 5.41) is 13.0. The highest BCUT2D eigenvalue weighted by Gasteiger charge is 2.38. The van der Waals surface area contributed by atoms with Gasteiger partial charge in [0, 0.05) is 41.2 Å². The Morgan fingerprint density at radius 2 is 1.71 bits per heavy atom. The Bertz CT molecular complexity index is 1700. The van der Waals surface area contributed by atoms with Crippen LogP contribution in [0.25, 0.3) is 28.2 Å². The van der Waals surface area contributed by atoms with E-state index in [0.29, 0.717) is 42.6 Å². The standard InChI is InChI=1S/C30H23F6N3O3/c31-29(32,33)22-4-2-1-3-19(22)26-20(27(42-38-26)17-6-7-17)9-5-16-11-12-39(15-16)18-8-10-24-21(13-18)23(30(34,35)36)14-25(37-24)28(40)41/h1-5,8-10,13-14,16-17H,6-7,11-12,15H2,(H,40,41). The highest BCUT2D eigenvalue weighted by Crippen LogP contribution is 2.46. The summed E-state index contributed by atoms with van der Waals surface area (Å²) >= 11 is 0. The Labute approximate surface area is 235 Å². The number of hydrogen-bond acceptors (Lipinski definition) is 5. The lowest BCUT2D eigenvalue weighted by atomic mass is 9.97. The van der Waals surface area contributed by atoms with E-state index in [1.807, 2.05) is 11.0 Å². The normalized spacial score (nSPS) is 18.0. The molecule has 2 fully saturated rings. The van der Waals surface area contributed by atoms with Crippen LogP contribution in [-0.2, 0) is 12.4 Å². The maximum absolute atomic E-state index is 13.8. The molecule has 0 spiro atoms. The maximum Gasteiger partial charge on any atom is 0.417 e. The summed E-state index contributed by atoms with van der Waals surface area (Å²) in [4.78, 5) is 17.1. The molecule has 1 atom stereocenters. The number of hydrogen-bond donors (Lipinski definition) is 1. The number of fused-ring (bicyclic) bond motifs is 1. The van der Waals surface area contributed by atoms with Crippen LogP contribution in [0, 0.1) is 5.92 Å². The number of rotatable bonds is 6.